The highest BCUT2D eigenvalue weighted by atomic mass is 16.5. The molecule has 32 heavy (non-hydrogen) atoms. The quantitative estimate of drug-likeness (QED) is 0.120. The lowest BCUT2D eigenvalue weighted by molar-refractivity contribution is -0.160. The van der Waals surface area contributed by atoms with Crippen LogP contribution in [-0.4, -0.2) is 17.9 Å². The largest absolute Gasteiger partial charge is 0.462 e. The maximum absolute atomic E-state index is 12.5. The Bertz CT molecular complexity index is 549. The third-order valence-electron chi connectivity index (χ3n) is 7.49. The fourth-order valence-electron chi connectivity index (χ4n) is 5.25. The summed E-state index contributed by atoms with van der Waals surface area (Å²) >= 11 is 0. The van der Waals surface area contributed by atoms with Gasteiger partial charge in [-0.15, -0.1) is 0 Å². The van der Waals surface area contributed by atoms with Crippen LogP contribution in [0.5, 0.6) is 0 Å². The molecule has 0 unspecified atom stereocenters. The Hall–Kier alpha value is -1.12. The van der Waals surface area contributed by atoms with Crippen molar-refractivity contribution in [3.63, 3.8) is 0 Å². The highest BCUT2D eigenvalue weighted by Gasteiger charge is 2.43. The van der Waals surface area contributed by atoms with Crippen molar-refractivity contribution in [2.45, 2.75) is 149 Å². The molecule has 0 N–H and O–H groups in total. The number of carbonyl (C=O) groups excluding carboxylic acids is 2. The molecular weight excluding hydrogens is 396 g/mol. The Morgan fingerprint density at radius 2 is 1.38 bits per heavy atom. The van der Waals surface area contributed by atoms with E-state index in [1.807, 2.05) is 0 Å². The smallest absolute Gasteiger partial charge is 0.306 e. The van der Waals surface area contributed by atoms with Crippen LogP contribution in [0.4, 0.5) is 0 Å². The molecule has 0 spiro atoms. The number of hydrogen-bond donors (Lipinski definition) is 0. The van der Waals surface area contributed by atoms with E-state index >= 15 is 0 Å². The number of carbonyl (C=O) groups is 2. The first-order valence-corrected chi connectivity index (χ1v) is 13.7. The van der Waals surface area contributed by atoms with E-state index in [4.69, 9.17) is 4.74 Å². The van der Waals surface area contributed by atoms with E-state index in [-0.39, 0.29) is 29.2 Å². The molecule has 3 heteroatoms. The van der Waals surface area contributed by atoms with E-state index in [1.54, 1.807) is 6.92 Å². The molecule has 2 atom stereocenters. The maximum Gasteiger partial charge on any atom is 0.306 e. The monoisotopic (exact) mass is 448 g/mol. The average molecular weight is 449 g/mol. The Kier molecular flexibility index (Phi) is 14.9. The van der Waals surface area contributed by atoms with Gasteiger partial charge in [-0.05, 0) is 38.5 Å². The molecule has 1 fully saturated rings. The predicted molar refractivity (Wildman–Crippen MR) is 136 cm³/mol. The van der Waals surface area contributed by atoms with Crippen LogP contribution in [0, 0.1) is 11.3 Å². The molecule has 1 aliphatic carbocycles. The maximum atomic E-state index is 12.5. The van der Waals surface area contributed by atoms with Crippen LogP contribution in [0.25, 0.3) is 0 Å². The molecule has 0 aromatic carbocycles. The first kappa shape index (κ1) is 28.9. The van der Waals surface area contributed by atoms with E-state index in [0.717, 1.165) is 32.1 Å². The number of allylic oxidation sites excluding steroid dienone is 1. The number of unbranched alkanes of at least 4 members (excludes halogenated alkanes) is 12. The summed E-state index contributed by atoms with van der Waals surface area (Å²) in [5.74, 6) is 0.411. The molecule has 0 aromatic heterocycles. The number of Topliss-reactive ketones (excluding diaryl/α,β-unsaturated/α-hetero) is 1. The van der Waals surface area contributed by atoms with Gasteiger partial charge in [-0.1, -0.05) is 110 Å². The lowest BCUT2D eigenvalue weighted by Gasteiger charge is -2.45. The van der Waals surface area contributed by atoms with Crippen molar-refractivity contribution in [1.82, 2.24) is 0 Å². The third-order valence-corrected chi connectivity index (χ3v) is 7.49. The van der Waals surface area contributed by atoms with Crippen molar-refractivity contribution in [2.24, 2.45) is 11.3 Å². The molecule has 0 heterocycles. The van der Waals surface area contributed by atoms with E-state index in [9.17, 15) is 9.59 Å². The van der Waals surface area contributed by atoms with Gasteiger partial charge in [-0.2, -0.15) is 0 Å². The number of rotatable bonds is 18. The van der Waals surface area contributed by atoms with Gasteiger partial charge in [-0.3, -0.25) is 4.79 Å². The zero-order valence-electron chi connectivity index (χ0n) is 21.8. The summed E-state index contributed by atoms with van der Waals surface area (Å²) in [4.78, 5) is 23.9. The molecule has 0 aliphatic heterocycles. The van der Waals surface area contributed by atoms with Crippen LogP contribution in [0.1, 0.15) is 143 Å². The minimum absolute atomic E-state index is 0.0519. The van der Waals surface area contributed by atoms with Gasteiger partial charge < -0.3 is 9.53 Å². The number of ether oxygens (including phenoxy) is 1. The minimum atomic E-state index is -0.156. The second-order valence-electron chi connectivity index (χ2n) is 10.8. The molecule has 1 rings (SSSR count). The predicted octanol–water partition coefficient (Wildman–Crippen LogP) is 8.74. The summed E-state index contributed by atoms with van der Waals surface area (Å²) in [6.45, 7) is 12.5. The van der Waals surface area contributed by atoms with Crippen molar-refractivity contribution in [3.05, 3.63) is 12.2 Å². The zero-order chi connectivity index (χ0) is 23.8. The van der Waals surface area contributed by atoms with E-state index in [2.05, 4.69) is 27.4 Å². The number of ketones is 1. The van der Waals surface area contributed by atoms with Gasteiger partial charge in [0.15, 0.2) is 0 Å². The highest BCUT2D eigenvalue weighted by molar-refractivity contribution is 5.75. The fraction of sp³-hybridized carbons (Fsp3) is 0.862. The molecule has 0 bridgehead atoms. The Labute approximate surface area is 199 Å². The van der Waals surface area contributed by atoms with Gasteiger partial charge >= 0.3 is 5.97 Å². The van der Waals surface area contributed by atoms with E-state index in [0.29, 0.717) is 12.8 Å². The van der Waals surface area contributed by atoms with Crippen molar-refractivity contribution in [1.29, 1.82) is 0 Å². The van der Waals surface area contributed by atoms with Crippen molar-refractivity contribution in [3.8, 4) is 0 Å². The summed E-state index contributed by atoms with van der Waals surface area (Å²) < 4.78 is 5.93. The van der Waals surface area contributed by atoms with E-state index < -0.39 is 0 Å². The van der Waals surface area contributed by atoms with Crippen molar-refractivity contribution >= 4 is 11.8 Å². The summed E-state index contributed by atoms with van der Waals surface area (Å²) in [5.41, 5.74) is 1.05. The SMILES string of the molecule is C=C1CC[C@H](OC(=O)CCCCCCCCCCCCCCC)C(C)(C)[C@@H]1CCC(C)=O. The van der Waals surface area contributed by atoms with Crippen LogP contribution >= 0.6 is 0 Å². The molecule has 186 valence electrons. The van der Waals surface area contributed by atoms with Gasteiger partial charge in [-0.25, -0.2) is 0 Å². The molecule has 0 amide bonds. The molecule has 0 aromatic rings. The molecule has 1 saturated carbocycles. The van der Waals surface area contributed by atoms with Gasteiger partial charge in [0, 0.05) is 18.3 Å². The first-order chi connectivity index (χ1) is 15.3. The first-order valence-electron chi connectivity index (χ1n) is 13.7. The van der Waals surface area contributed by atoms with Crippen LogP contribution in [-0.2, 0) is 14.3 Å². The Morgan fingerprint density at radius 3 is 1.88 bits per heavy atom. The second kappa shape index (κ2) is 16.5. The van der Waals surface area contributed by atoms with Gasteiger partial charge in [0.2, 0.25) is 0 Å². The van der Waals surface area contributed by atoms with Crippen LogP contribution in [0.15, 0.2) is 12.2 Å². The lowest BCUT2D eigenvalue weighted by Crippen LogP contribution is -2.44. The Morgan fingerprint density at radius 1 is 0.875 bits per heavy atom. The molecule has 1 aliphatic rings. The van der Waals surface area contributed by atoms with Gasteiger partial charge in [0.1, 0.15) is 11.9 Å². The molecule has 0 saturated heterocycles. The standard InChI is InChI=1S/C29H52O3/c1-6-7-8-9-10-11-12-13-14-15-16-17-18-19-28(31)32-27-23-20-24(2)26(29(27,4)5)22-21-25(3)30/h26-27H,2,6-23H2,1,3-5H3/t26-,27+/m1/s1. The average Bonchev–Trinajstić information content (AvgIpc) is 2.73. The van der Waals surface area contributed by atoms with Crippen molar-refractivity contribution in [2.75, 3.05) is 0 Å². The summed E-state index contributed by atoms with van der Waals surface area (Å²) in [5, 5.41) is 0. The van der Waals surface area contributed by atoms with Gasteiger partial charge in [0.25, 0.3) is 0 Å². The van der Waals surface area contributed by atoms with Crippen LogP contribution < -0.4 is 0 Å². The van der Waals surface area contributed by atoms with Crippen molar-refractivity contribution < 1.29 is 14.3 Å². The van der Waals surface area contributed by atoms with E-state index in [1.165, 1.54) is 76.2 Å². The summed E-state index contributed by atoms with van der Waals surface area (Å²) in [6, 6.07) is 0. The summed E-state index contributed by atoms with van der Waals surface area (Å²) in [6.07, 6.45) is 20.6. The van der Waals surface area contributed by atoms with Gasteiger partial charge in [0.05, 0.1) is 0 Å². The topological polar surface area (TPSA) is 43.4 Å². The van der Waals surface area contributed by atoms with Crippen LogP contribution in [0.3, 0.4) is 0 Å². The molecule has 3 nitrogen and oxygen atoms in total. The second-order valence-corrected chi connectivity index (χ2v) is 10.8. The zero-order valence-corrected chi connectivity index (χ0v) is 21.8. The Balaban J connectivity index is 2.13. The number of esters is 1. The summed E-state index contributed by atoms with van der Waals surface area (Å²) in [7, 11) is 0. The minimum Gasteiger partial charge on any atom is -0.462 e. The molecule has 0 radical (unpaired) electrons. The number of hydrogen-bond acceptors (Lipinski definition) is 3. The van der Waals surface area contributed by atoms with Crippen LogP contribution in [0.2, 0.25) is 0 Å². The molecular formula is C29H52O3. The third kappa shape index (κ3) is 11.7. The fourth-order valence-corrected chi connectivity index (χ4v) is 5.25. The lowest BCUT2D eigenvalue weighted by atomic mass is 9.63. The highest BCUT2D eigenvalue weighted by Crippen LogP contribution is 2.47. The normalized spacial score (nSPS) is 20.3.